The van der Waals surface area contributed by atoms with Gasteiger partial charge in [0, 0.05) is 18.8 Å². The molecule has 4 unspecified atom stereocenters. The van der Waals surface area contributed by atoms with Crippen molar-refractivity contribution >= 4 is 42.3 Å². The molecule has 4 atom stereocenters. The van der Waals surface area contributed by atoms with Crippen LogP contribution in [0.1, 0.15) is 38.5 Å². The number of rotatable bonds is 11. The maximum atomic E-state index is 13.0. The van der Waals surface area contributed by atoms with E-state index in [1.54, 1.807) is 0 Å². The van der Waals surface area contributed by atoms with Crippen molar-refractivity contribution in [2.24, 2.45) is 16.5 Å². The van der Waals surface area contributed by atoms with Crippen LogP contribution < -0.4 is 27.4 Å². The number of nitrogens with zero attached hydrogens (tertiary/aromatic N) is 2. The maximum absolute atomic E-state index is 13.0. The van der Waals surface area contributed by atoms with E-state index in [0.29, 0.717) is 32.2 Å². The molecule has 0 aromatic heterocycles. The molecule has 0 saturated carbocycles. The summed E-state index contributed by atoms with van der Waals surface area (Å²) in [4.78, 5) is 54.9. The van der Waals surface area contributed by atoms with Crippen LogP contribution in [0.15, 0.2) is 4.99 Å². The van der Waals surface area contributed by atoms with Gasteiger partial charge in [-0.3, -0.25) is 19.4 Å². The molecule has 2 fully saturated rings. The van der Waals surface area contributed by atoms with E-state index in [1.807, 2.05) is 0 Å². The van der Waals surface area contributed by atoms with Crippen LogP contribution in [-0.4, -0.2) is 89.2 Å². The Morgan fingerprint density at radius 3 is 2.50 bits per heavy atom. The van der Waals surface area contributed by atoms with Gasteiger partial charge >= 0.3 is 5.97 Å². The van der Waals surface area contributed by atoms with Crippen molar-refractivity contribution in [3.63, 3.8) is 0 Å². The summed E-state index contributed by atoms with van der Waals surface area (Å²) in [5.74, 6) is -2.48. The van der Waals surface area contributed by atoms with Crippen LogP contribution in [0.2, 0.25) is 0 Å². The summed E-state index contributed by atoms with van der Waals surface area (Å²) in [5, 5.41) is 17.8. The normalized spacial score (nSPS) is 22.1. The summed E-state index contributed by atoms with van der Waals surface area (Å²) < 4.78 is 0. The molecule has 2 heterocycles. The van der Waals surface area contributed by atoms with Gasteiger partial charge in [0.1, 0.15) is 18.1 Å². The Hall–Kier alpha value is -2.54. The average Bonchev–Trinajstić information content (AvgIpc) is 3.45. The first kappa shape index (κ1) is 25.7. The molecular formula is C19H33N7O5S. The molecule has 32 heavy (non-hydrogen) atoms. The summed E-state index contributed by atoms with van der Waals surface area (Å²) in [7, 11) is 0. The predicted molar refractivity (Wildman–Crippen MR) is 121 cm³/mol. The Morgan fingerprint density at radius 1 is 1.16 bits per heavy atom. The number of guanidine groups is 1. The minimum atomic E-state index is -1.07. The van der Waals surface area contributed by atoms with Crippen LogP contribution in [-0.2, 0) is 19.2 Å². The predicted octanol–water partition coefficient (Wildman–Crippen LogP) is -2.23. The van der Waals surface area contributed by atoms with Gasteiger partial charge in [-0.1, -0.05) is 0 Å². The van der Waals surface area contributed by atoms with Crippen LogP contribution in [0.5, 0.6) is 0 Å². The molecule has 0 aromatic rings. The van der Waals surface area contributed by atoms with Crippen LogP contribution in [0.25, 0.3) is 0 Å². The molecule has 3 amide bonds. The van der Waals surface area contributed by atoms with Crippen LogP contribution >= 0.6 is 12.6 Å². The molecule has 2 aliphatic rings. The maximum Gasteiger partial charge on any atom is 0.326 e. The quantitative estimate of drug-likeness (QED) is 0.0761. The Kier molecular flexibility index (Phi) is 10.0. The minimum absolute atomic E-state index is 0.00768. The van der Waals surface area contributed by atoms with Gasteiger partial charge in [-0.25, -0.2) is 4.79 Å². The van der Waals surface area contributed by atoms with Gasteiger partial charge in [0.15, 0.2) is 5.96 Å². The second-order valence-corrected chi connectivity index (χ2v) is 8.30. The highest BCUT2D eigenvalue weighted by atomic mass is 32.1. The van der Waals surface area contributed by atoms with Crippen molar-refractivity contribution in [3.05, 3.63) is 0 Å². The molecule has 0 aliphatic carbocycles. The summed E-state index contributed by atoms with van der Waals surface area (Å²) in [6.45, 7) is 1.32. The zero-order valence-corrected chi connectivity index (χ0v) is 18.9. The molecule has 2 saturated heterocycles. The first-order valence-electron chi connectivity index (χ1n) is 10.8. The summed E-state index contributed by atoms with van der Waals surface area (Å²) in [6.07, 6.45) is 3.19. The first-order chi connectivity index (χ1) is 15.2. The molecular weight excluding hydrogens is 438 g/mol. The number of thiol groups is 1. The fourth-order valence-electron chi connectivity index (χ4n) is 3.90. The number of carbonyl (C=O) groups excluding carboxylic acids is 3. The molecule has 0 spiro atoms. The van der Waals surface area contributed by atoms with Gasteiger partial charge in [-0.15, -0.1) is 0 Å². The highest BCUT2D eigenvalue weighted by Crippen LogP contribution is 2.19. The molecule has 0 aromatic carbocycles. The van der Waals surface area contributed by atoms with E-state index in [4.69, 9.17) is 11.5 Å². The molecule has 2 rings (SSSR count). The number of nitrogens with one attached hydrogen (secondary N) is 3. The van der Waals surface area contributed by atoms with E-state index < -0.39 is 35.9 Å². The van der Waals surface area contributed by atoms with E-state index in [9.17, 15) is 24.3 Å². The zero-order chi connectivity index (χ0) is 23.7. The minimum Gasteiger partial charge on any atom is -0.480 e. The Balaban J connectivity index is 2.04. The highest BCUT2D eigenvalue weighted by molar-refractivity contribution is 7.80. The monoisotopic (exact) mass is 471 g/mol. The molecule has 13 heteroatoms. The SMILES string of the molecule is NC(N)=NCCCC(NC(=O)C1CCCN1)C(=O)NC(CS)C(=O)N1CCCC1C(=O)O. The molecule has 0 bridgehead atoms. The second kappa shape index (κ2) is 12.5. The number of carbonyl (C=O) groups is 4. The van der Waals surface area contributed by atoms with Crippen molar-refractivity contribution in [3.8, 4) is 0 Å². The Morgan fingerprint density at radius 2 is 1.91 bits per heavy atom. The van der Waals surface area contributed by atoms with E-state index in [0.717, 1.165) is 13.0 Å². The lowest BCUT2D eigenvalue weighted by atomic mass is 10.1. The smallest absolute Gasteiger partial charge is 0.326 e. The standard InChI is InChI=1S/C19H33N7O5S/c20-19(21)23-8-2-5-12(24-15(27)11-4-1-7-22-11)16(28)25-13(10-32)17(29)26-9-3-6-14(26)18(30)31/h11-14,22,32H,1-10H2,(H,24,27)(H,25,28)(H,30,31)(H4,20,21,23). The fourth-order valence-corrected chi connectivity index (χ4v) is 4.15. The number of likely N-dealkylation sites (tertiary alicyclic amines) is 1. The van der Waals surface area contributed by atoms with E-state index >= 15 is 0 Å². The van der Waals surface area contributed by atoms with Crippen molar-refractivity contribution in [1.29, 1.82) is 0 Å². The fraction of sp³-hybridized carbons (Fsp3) is 0.737. The number of amides is 3. The van der Waals surface area contributed by atoms with E-state index in [-0.39, 0.29) is 36.6 Å². The summed E-state index contributed by atoms with van der Waals surface area (Å²) in [5.41, 5.74) is 10.6. The number of aliphatic carboxylic acids is 1. The van der Waals surface area contributed by atoms with Crippen LogP contribution in [0.4, 0.5) is 0 Å². The molecule has 12 nitrogen and oxygen atoms in total. The van der Waals surface area contributed by atoms with E-state index in [2.05, 4.69) is 33.6 Å². The van der Waals surface area contributed by atoms with Gasteiger partial charge in [0.05, 0.1) is 6.04 Å². The average molecular weight is 472 g/mol. The summed E-state index contributed by atoms with van der Waals surface area (Å²) in [6, 6.07) is -3.19. The molecule has 0 radical (unpaired) electrons. The number of nitrogens with two attached hydrogens (primary N) is 2. The number of carboxylic acid groups (broad SMARTS) is 1. The van der Waals surface area contributed by atoms with Gasteiger partial charge in [0.25, 0.3) is 0 Å². The van der Waals surface area contributed by atoms with Gasteiger partial charge < -0.3 is 37.4 Å². The van der Waals surface area contributed by atoms with Crippen molar-refractivity contribution in [1.82, 2.24) is 20.9 Å². The number of carboxylic acids is 1. The topological polar surface area (TPSA) is 192 Å². The van der Waals surface area contributed by atoms with Crippen molar-refractivity contribution in [2.45, 2.75) is 62.7 Å². The third-order valence-electron chi connectivity index (χ3n) is 5.57. The first-order valence-corrected chi connectivity index (χ1v) is 11.4. The van der Waals surface area contributed by atoms with E-state index in [1.165, 1.54) is 4.90 Å². The molecule has 8 N–H and O–H groups in total. The van der Waals surface area contributed by atoms with Crippen LogP contribution in [0, 0.1) is 0 Å². The van der Waals surface area contributed by atoms with Gasteiger partial charge in [-0.05, 0) is 45.1 Å². The number of hydrogen-bond acceptors (Lipinski definition) is 7. The largest absolute Gasteiger partial charge is 0.480 e. The third-order valence-corrected chi connectivity index (χ3v) is 5.94. The van der Waals surface area contributed by atoms with Gasteiger partial charge in [0.2, 0.25) is 17.7 Å². The molecule has 180 valence electrons. The highest BCUT2D eigenvalue weighted by Gasteiger charge is 2.38. The zero-order valence-electron chi connectivity index (χ0n) is 18.0. The van der Waals surface area contributed by atoms with Gasteiger partial charge in [-0.2, -0.15) is 12.6 Å². The Labute approximate surface area is 192 Å². The van der Waals surface area contributed by atoms with Crippen LogP contribution in [0.3, 0.4) is 0 Å². The second-order valence-electron chi connectivity index (χ2n) is 7.93. The lowest BCUT2D eigenvalue weighted by Crippen LogP contribution is -2.57. The lowest BCUT2D eigenvalue weighted by molar-refractivity contribution is -0.149. The number of hydrogen-bond donors (Lipinski definition) is 7. The molecule has 2 aliphatic heterocycles. The lowest BCUT2D eigenvalue weighted by Gasteiger charge is -2.28. The van der Waals surface area contributed by atoms with Crippen molar-refractivity contribution in [2.75, 3.05) is 25.4 Å². The number of aliphatic imine (C=N–C) groups is 1. The summed E-state index contributed by atoms with van der Waals surface area (Å²) >= 11 is 4.17. The Bertz CT molecular complexity index is 725. The third kappa shape index (κ3) is 7.26. The van der Waals surface area contributed by atoms with Crippen molar-refractivity contribution < 1.29 is 24.3 Å².